The summed E-state index contributed by atoms with van der Waals surface area (Å²) in [6.07, 6.45) is 2.04. The van der Waals surface area contributed by atoms with Gasteiger partial charge in [0.15, 0.2) is 0 Å². The predicted molar refractivity (Wildman–Crippen MR) is 86.2 cm³/mol. The number of rotatable bonds is 4. The normalized spacial score (nSPS) is 17.0. The third-order valence-electron chi connectivity index (χ3n) is 3.76. The molecule has 1 fully saturated rings. The first-order valence-electron chi connectivity index (χ1n) is 6.97. The van der Waals surface area contributed by atoms with Crippen LogP contribution in [0.25, 0.3) is 0 Å². The highest BCUT2D eigenvalue weighted by Gasteiger charge is 2.29. The summed E-state index contributed by atoms with van der Waals surface area (Å²) in [7, 11) is -3.22. The molecule has 0 radical (unpaired) electrons. The molecule has 2 rings (SSSR count). The summed E-state index contributed by atoms with van der Waals surface area (Å²) in [4.78, 5) is 23.1. The summed E-state index contributed by atoms with van der Waals surface area (Å²) < 4.78 is 24.2. The van der Waals surface area contributed by atoms with Crippen molar-refractivity contribution < 1.29 is 23.1 Å². The van der Waals surface area contributed by atoms with Crippen molar-refractivity contribution in [1.29, 1.82) is 0 Å². The van der Waals surface area contributed by atoms with Crippen molar-refractivity contribution in [3.63, 3.8) is 0 Å². The molecule has 126 valence electrons. The fourth-order valence-electron chi connectivity index (χ4n) is 2.46. The van der Waals surface area contributed by atoms with Crippen LogP contribution in [-0.2, 0) is 14.8 Å². The highest BCUT2D eigenvalue weighted by atomic mass is 35.5. The third-order valence-corrected chi connectivity index (χ3v) is 5.38. The summed E-state index contributed by atoms with van der Waals surface area (Å²) in [5, 5.41) is 11.6. The highest BCUT2D eigenvalue weighted by molar-refractivity contribution is 7.88. The average molecular weight is 361 g/mol. The number of carbonyl (C=O) groups is 2. The fraction of sp³-hybridized carbons (Fsp3) is 0.429. The number of anilines is 1. The van der Waals surface area contributed by atoms with Gasteiger partial charge in [0, 0.05) is 24.7 Å². The Bertz CT molecular complexity index is 727. The van der Waals surface area contributed by atoms with Crippen molar-refractivity contribution in [1.82, 2.24) is 4.31 Å². The van der Waals surface area contributed by atoms with Crippen LogP contribution in [0.1, 0.15) is 23.2 Å². The van der Waals surface area contributed by atoms with Crippen LogP contribution in [0.2, 0.25) is 5.02 Å². The van der Waals surface area contributed by atoms with Crippen LogP contribution in [0.5, 0.6) is 0 Å². The SMILES string of the molecule is CS(=O)(=O)N1CCC(C(=O)Nc2ccc(C(=O)O)c(Cl)c2)CC1. The van der Waals surface area contributed by atoms with Crippen LogP contribution in [-0.4, -0.2) is 49.1 Å². The van der Waals surface area contributed by atoms with Gasteiger partial charge in [0.1, 0.15) is 0 Å². The van der Waals surface area contributed by atoms with Gasteiger partial charge in [-0.3, -0.25) is 4.79 Å². The van der Waals surface area contributed by atoms with Gasteiger partial charge >= 0.3 is 5.97 Å². The van der Waals surface area contributed by atoms with Gasteiger partial charge in [-0.05, 0) is 31.0 Å². The molecule has 1 heterocycles. The second kappa shape index (κ2) is 6.86. The summed E-state index contributed by atoms with van der Waals surface area (Å²) in [6, 6.07) is 4.18. The molecule has 7 nitrogen and oxygen atoms in total. The lowest BCUT2D eigenvalue weighted by Crippen LogP contribution is -2.40. The maximum absolute atomic E-state index is 12.2. The number of aromatic carboxylic acids is 1. The van der Waals surface area contributed by atoms with Gasteiger partial charge in [0.25, 0.3) is 0 Å². The molecule has 1 aliphatic heterocycles. The summed E-state index contributed by atoms with van der Waals surface area (Å²) >= 11 is 5.86. The van der Waals surface area contributed by atoms with E-state index in [0.29, 0.717) is 31.6 Å². The lowest BCUT2D eigenvalue weighted by atomic mass is 9.97. The zero-order valence-corrected chi connectivity index (χ0v) is 14.0. The monoisotopic (exact) mass is 360 g/mol. The Kier molecular flexibility index (Phi) is 5.28. The molecular formula is C14H17ClN2O5S. The average Bonchev–Trinajstić information content (AvgIpc) is 2.46. The van der Waals surface area contributed by atoms with Crippen molar-refractivity contribution in [3.05, 3.63) is 28.8 Å². The number of nitrogens with zero attached hydrogens (tertiary/aromatic N) is 1. The van der Waals surface area contributed by atoms with Crippen LogP contribution in [0.15, 0.2) is 18.2 Å². The van der Waals surface area contributed by atoms with Crippen LogP contribution in [0.3, 0.4) is 0 Å². The van der Waals surface area contributed by atoms with E-state index in [9.17, 15) is 18.0 Å². The van der Waals surface area contributed by atoms with Gasteiger partial charge in [-0.1, -0.05) is 11.6 Å². The fourth-order valence-corrected chi connectivity index (χ4v) is 3.60. The molecule has 1 aliphatic rings. The van der Waals surface area contributed by atoms with Crippen molar-refractivity contribution in [2.45, 2.75) is 12.8 Å². The largest absolute Gasteiger partial charge is 0.478 e. The lowest BCUT2D eigenvalue weighted by Gasteiger charge is -2.29. The van der Waals surface area contributed by atoms with E-state index in [4.69, 9.17) is 16.7 Å². The van der Waals surface area contributed by atoms with Gasteiger partial charge < -0.3 is 10.4 Å². The third kappa shape index (κ3) is 4.43. The minimum Gasteiger partial charge on any atom is -0.478 e. The van der Waals surface area contributed by atoms with E-state index >= 15 is 0 Å². The second-order valence-electron chi connectivity index (χ2n) is 5.43. The van der Waals surface area contributed by atoms with E-state index in [2.05, 4.69) is 5.32 Å². The van der Waals surface area contributed by atoms with Crippen LogP contribution >= 0.6 is 11.6 Å². The minimum atomic E-state index is -3.22. The van der Waals surface area contributed by atoms with Crippen molar-refractivity contribution in [2.24, 2.45) is 5.92 Å². The Morgan fingerprint density at radius 3 is 2.39 bits per heavy atom. The number of sulfonamides is 1. The van der Waals surface area contributed by atoms with Gasteiger partial charge in [0.2, 0.25) is 15.9 Å². The number of piperidine rings is 1. The Balaban J connectivity index is 1.98. The zero-order chi connectivity index (χ0) is 17.2. The van der Waals surface area contributed by atoms with Crippen LogP contribution in [0, 0.1) is 5.92 Å². The van der Waals surface area contributed by atoms with E-state index in [1.807, 2.05) is 0 Å². The Hall–Kier alpha value is -1.64. The first kappa shape index (κ1) is 17.7. The molecule has 9 heteroatoms. The van der Waals surface area contributed by atoms with Gasteiger partial charge in [-0.2, -0.15) is 0 Å². The molecule has 1 aromatic carbocycles. The second-order valence-corrected chi connectivity index (χ2v) is 7.81. The minimum absolute atomic E-state index is 0.0360. The molecule has 0 unspecified atom stereocenters. The first-order chi connectivity index (χ1) is 10.7. The zero-order valence-electron chi connectivity index (χ0n) is 12.5. The molecule has 23 heavy (non-hydrogen) atoms. The van der Waals surface area contributed by atoms with E-state index in [1.54, 1.807) is 0 Å². The van der Waals surface area contributed by atoms with Gasteiger partial charge in [-0.25, -0.2) is 17.5 Å². The number of amides is 1. The number of halogens is 1. The van der Waals surface area contributed by atoms with E-state index in [0.717, 1.165) is 6.26 Å². The number of benzene rings is 1. The van der Waals surface area contributed by atoms with E-state index in [1.165, 1.54) is 22.5 Å². The first-order valence-corrected chi connectivity index (χ1v) is 9.20. The molecule has 0 spiro atoms. The Labute approximate surface area is 139 Å². The van der Waals surface area contributed by atoms with Crippen molar-refractivity contribution in [3.8, 4) is 0 Å². The number of hydrogen-bond acceptors (Lipinski definition) is 4. The molecule has 0 saturated carbocycles. The number of hydrogen-bond donors (Lipinski definition) is 2. The van der Waals surface area contributed by atoms with E-state index < -0.39 is 16.0 Å². The number of carboxylic acid groups (broad SMARTS) is 1. The number of carbonyl (C=O) groups excluding carboxylic acids is 1. The maximum atomic E-state index is 12.2. The van der Waals surface area contributed by atoms with Crippen LogP contribution in [0.4, 0.5) is 5.69 Å². The molecule has 0 atom stereocenters. The maximum Gasteiger partial charge on any atom is 0.337 e. The quantitative estimate of drug-likeness (QED) is 0.849. The number of carboxylic acids is 1. The van der Waals surface area contributed by atoms with Gasteiger partial charge in [0.05, 0.1) is 16.8 Å². The standard InChI is InChI=1S/C14H17ClN2O5S/c1-23(21,22)17-6-4-9(5-7-17)13(18)16-10-2-3-11(14(19)20)12(15)8-10/h2-3,8-9H,4-7H2,1H3,(H,16,18)(H,19,20). The lowest BCUT2D eigenvalue weighted by molar-refractivity contribution is -0.120. The molecule has 0 aromatic heterocycles. The molecule has 1 amide bonds. The number of nitrogens with one attached hydrogen (secondary N) is 1. The predicted octanol–water partition coefficient (Wildman–Crippen LogP) is 1.65. The Morgan fingerprint density at radius 1 is 1.30 bits per heavy atom. The van der Waals surface area contributed by atoms with Crippen molar-refractivity contribution in [2.75, 3.05) is 24.7 Å². The summed E-state index contributed by atoms with van der Waals surface area (Å²) in [5.41, 5.74) is 0.377. The van der Waals surface area contributed by atoms with E-state index in [-0.39, 0.29) is 22.4 Å². The summed E-state index contributed by atoms with van der Waals surface area (Å²) in [6.45, 7) is 0.630. The van der Waals surface area contributed by atoms with Gasteiger partial charge in [-0.15, -0.1) is 0 Å². The Morgan fingerprint density at radius 2 is 1.91 bits per heavy atom. The topological polar surface area (TPSA) is 104 Å². The molecule has 2 N–H and O–H groups in total. The molecule has 1 saturated heterocycles. The summed E-state index contributed by atoms with van der Waals surface area (Å²) in [5.74, 6) is -1.65. The molecule has 0 aliphatic carbocycles. The molecule has 1 aromatic rings. The molecule has 0 bridgehead atoms. The molecular weight excluding hydrogens is 344 g/mol. The van der Waals surface area contributed by atoms with Crippen LogP contribution < -0.4 is 5.32 Å². The highest BCUT2D eigenvalue weighted by Crippen LogP contribution is 2.24. The smallest absolute Gasteiger partial charge is 0.337 e. The van der Waals surface area contributed by atoms with Crippen molar-refractivity contribution >= 4 is 39.2 Å².